The van der Waals surface area contributed by atoms with Crippen LogP contribution in [0.4, 0.5) is 0 Å². The zero-order chi connectivity index (χ0) is 16.3. The van der Waals surface area contributed by atoms with Crippen molar-refractivity contribution in [2.45, 2.75) is 19.6 Å². The number of hydrogen-bond donors (Lipinski definition) is 2. The van der Waals surface area contributed by atoms with Crippen LogP contribution in [0.5, 0.6) is 0 Å². The molecule has 0 saturated heterocycles. The van der Waals surface area contributed by atoms with Gasteiger partial charge in [-0.25, -0.2) is 13.6 Å². The SMILES string of the molecule is CN(CC(C)(C)CN)C(=O)c1ccc(CS(N)(=O)=O)cc1.Cl. The summed E-state index contributed by atoms with van der Waals surface area (Å²) >= 11 is 0. The lowest BCUT2D eigenvalue weighted by Gasteiger charge is -2.29. The first kappa shape index (κ1) is 20.9. The van der Waals surface area contributed by atoms with E-state index in [1.807, 2.05) is 13.8 Å². The van der Waals surface area contributed by atoms with Gasteiger partial charge in [-0.1, -0.05) is 26.0 Å². The second-order valence-corrected chi connectivity index (χ2v) is 7.65. The van der Waals surface area contributed by atoms with Crippen molar-refractivity contribution in [2.24, 2.45) is 16.3 Å². The maximum Gasteiger partial charge on any atom is 0.253 e. The Morgan fingerprint density at radius 2 is 1.73 bits per heavy atom. The number of amides is 1. The van der Waals surface area contributed by atoms with Gasteiger partial charge in [-0.15, -0.1) is 12.4 Å². The predicted molar refractivity (Wildman–Crippen MR) is 90.3 cm³/mol. The molecule has 0 aromatic heterocycles. The minimum atomic E-state index is -3.56. The van der Waals surface area contributed by atoms with Gasteiger partial charge in [-0.2, -0.15) is 0 Å². The molecule has 1 amide bonds. The number of carbonyl (C=O) groups is 1. The molecule has 1 rings (SSSR count). The summed E-state index contributed by atoms with van der Waals surface area (Å²) in [6, 6.07) is 6.41. The van der Waals surface area contributed by atoms with Gasteiger partial charge in [0, 0.05) is 19.2 Å². The molecular weight excluding hydrogens is 326 g/mol. The van der Waals surface area contributed by atoms with Crippen LogP contribution in [0.25, 0.3) is 0 Å². The first-order valence-electron chi connectivity index (χ1n) is 6.59. The van der Waals surface area contributed by atoms with Gasteiger partial charge < -0.3 is 10.6 Å². The Kier molecular flexibility index (Phi) is 7.50. The summed E-state index contributed by atoms with van der Waals surface area (Å²) in [5.41, 5.74) is 6.57. The van der Waals surface area contributed by atoms with Crippen molar-refractivity contribution in [3.05, 3.63) is 35.4 Å². The molecule has 0 bridgehead atoms. The van der Waals surface area contributed by atoms with E-state index in [4.69, 9.17) is 10.9 Å². The first-order chi connectivity index (χ1) is 9.54. The third-order valence-corrected chi connectivity index (χ3v) is 3.87. The van der Waals surface area contributed by atoms with E-state index >= 15 is 0 Å². The minimum absolute atomic E-state index is 0. The summed E-state index contributed by atoms with van der Waals surface area (Å²) < 4.78 is 22.0. The van der Waals surface area contributed by atoms with E-state index in [-0.39, 0.29) is 29.5 Å². The fraction of sp³-hybridized carbons (Fsp3) is 0.500. The average Bonchev–Trinajstić information content (AvgIpc) is 2.36. The highest BCUT2D eigenvalue weighted by atomic mass is 35.5. The number of hydrogen-bond acceptors (Lipinski definition) is 4. The molecule has 6 nitrogen and oxygen atoms in total. The number of rotatable bonds is 6. The zero-order valence-corrected chi connectivity index (χ0v) is 14.7. The van der Waals surface area contributed by atoms with Crippen molar-refractivity contribution in [1.29, 1.82) is 0 Å². The Bertz CT molecular complexity index is 600. The smallest absolute Gasteiger partial charge is 0.253 e. The summed E-state index contributed by atoms with van der Waals surface area (Å²) in [7, 11) is -1.84. The van der Waals surface area contributed by atoms with Crippen LogP contribution in [0.1, 0.15) is 29.8 Å². The van der Waals surface area contributed by atoms with Gasteiger partial charge in [0.15, 0.2) is 0 Å². The van der Waals surface area contributed by atoms with Gasteiger partial charge in [0.25, 0.3) is 5.91 Å². The van der Waals surface area contributed by atoms with Crippen molar-refractivity contribution in [3.63, 3.8) is 0 Å². The van der Waals surface area contributed by atoms with E-state index in [0.717, 1.165) is 0 Å². The molecular formula is C14H24ClN3O3S. The van der Waals surface area contributed by atoms with Gasteiger partial charge >= 0.3 is 0 Å². The van der Waals surface area contributed by atoms with Crippen LogP contribution in [-0.4, -0.2) is 39.4 Å². The standard InChI is InChI=1S/C14H23N3O3S.ClH/c1-14(2,9-15)10-17(3)13(18)12-6-4-11(5-7-12)8-21(16,19)20;/h4-7H,8-10,15H2,1-3H3,(H2,16,19,20);1H. The molecule has 8 heteroatoms. The fourth-order valence-electron chi connectivity index (χ4n) is 1.97. The lowest BCUT2D eigenvalue weighted by Crippen LogP contribution is -2.39. The zero-order valence-electron chi connectivity index (χ0n) is 13.1. The number of halogens is 1. The van der Waals surface area contributed by atoms with Crippen molar-refractivity contribution in [3.8, 4) is 0 Å². The molecule has 0 aliphatic carbocycles. The molecule has 126 valence electrons. The molecule has 0 saturated carbocycles. The van der Waals surface area contributed by atoms with Crippen LogP contribution < -0.4 is 10.9 Å². The molecule has 0 radical (unpaired) electrons. The number of primary sulfonamides is 1. The van der Waals surface area contributed by atoms with Crippen LogP contribution in [0.3, 0.4) is 0 Å². The summed E-state index contributed by atoms with van der Waals surface area (Å²) in [5, 5.41) is 4.98. The lowest BCUT2D eigenvalue weighted by atomic mass is 9.93. The third kappa shape index (κ3) is 6.74. The van der Waals surface area contributed by atoms with E-state index in [2.05, 4.69) is 0 Å². The molecule has 1 aromatic carbocycles. The van der Waals surface area contributed by atoms with Gasteiger partial charge in [-0.05, 0) is 29.7 Å². The van der Waals surface area contributed by atoms with Crippen molar-refractivity contribution in [1.82, 2.24) is 4.90 Å². The molecule has 0 atom stereocenters. The van der Waals surface area contributed by atoms with E-state index in [9.17, 15) is 13.2 Å². The number of nitrogens with two attached hydrogens (primary N) is 2. The topological polar surface area (TPSA) is 106 Å². The summed E-state index contributed by atoms with van der Waals surface area (Å²) in [5.74, 6) is -0.365. The van der Waals surface area contributed by atoms with Gasteiger partial charge in [0.05, 0.1) is 5.75 Å². The Morgan fingerprint density at radius 1 is 1.23 bits per heavy atom. The minimum Gasteiger partial charge on any atom is -0.341 e. The molecule has 0 unspecified atom stereocenters. The van der Waals surface area contributed by atoms with Crippen LogP contribution in [-0.2, 0) is 15.8 Å². The highest BCUT2D eigenvalue weighted by Gasteiger charge is 2.21. The molecule has 0 aliphatic rings. The van der Waals surface area contributed by atoms with Gasteiger partial charge in [0.2, 0.25) is 10.0 Å². The Morgan fingerprint density at radius 3 is 2.14 bits per heavy atom. The fourth-order valence-corrected chi connectivity index (χ4v) is 2.63. The number of benzene rings is 1. The first-order valence-corrected chi connectivity index (χ1v) is 8.30. The number of sulfonamides is 1. The summed E-state index contributed by atoms with van der Waals surface area (Å²) in [6.07, 6.45) is 0. The molecule has 0 aliphatic heterocycles. The highest BCUT2D eigenvalue weighted by molar-refractivity contribution is 7.88. The molecule has 4 N–H and O–H groups in total. The lowest BCUT2D eigenvalue weighted by molar-refractivity contribution is 0.0740. The Labute approximate surface area is 138 Å². The van der Waals surface area contributed by atoms with Crippen LogP contribution in [0.2, 0.25) is 0 Å². The molecule has 0 heterocycles. The molecule has 0 spiro atoms. The quantitative estimate of drug-likeness (QED) is 0.797. The van der Waals surface area contributed by atoms with E-state index in [0.29, 0.717) is 24.2 Å². The number of nitrogens with zero attached hydrogens (tertiary/aromatic N) is 1. The molecule has 1 aromatic rings. The average molecular weight is 350 g/mol. The van der Waals surface area contributed by atoms with E-state index < -0.39 is 10.0 Å². The maximum absolute atomic E-state index is 12.3. The Balaban J connectivity index is 0.00000441. The monoisotopic (exact) mass is 349 g/mol. The van der Waals surface area contributed by atoms with Crippen molar-refractivity contribution < 1.29 is 13.2 Å². The van der Waals surface area contributed by atoms with Crippen molar-refractivity contribution in [2.75, 3.05) is 20.1 Å². The van der Waals surface area contributed by atoms with Crippen molar-refractivity contribution >= 4 is 28.3 Å². The van der Waals surface area contributed by atoms with Crippen LogP contribution >= 0.6 is 12.4 Å². The van der Waals surface area contributed by atoms with Gasteiger partial charge in [0.1, 0.15) is 0 Å². The molecule has 0 fully saturated rings. The van der Waals surface area contributed by atoms with Crippen LogP contribution in [0, 0.1) is 5.41 Å². The normalized spacial score (nSPS) is 11.7. The van der Waals surface area contributed by atoms with E-state index in [1.54, 1.807) is 36.2 Å². The van der Waals surface area contributed by atoms with E-state index in [1.165, 1.54) is 0 Å². The van der Waals surface area contributed by atoms with Gasteiger partial charge in [-0.3, -0.25) is 4.79 Å². The molecule has 22 heavy (non-hydrogen) atoms. The largest absolute Gasteiger partial charge is 0.341 e. The Hall–Kier alpha value is -1.15. The van der Waals surface area contributed by atoms with Crippen LogP contribution in [0.15, 0.2) is 24.3 Å². The predicted octanol–water partition coefficient (Wildman–Crippen LogP) is 0.954. The number of carbonyl (C=O) groups excluding carboxylic acids is 1. The third-order valence-electron chi connectivity index (χ3n) is 3.13. The second-order valence-electron chi connectivity index (χ2n) is 6.03. The highest BCUT2D eigenvalue weighted by Crippen LogP contribution is 2.16. The maximum atomic E-state index is 12.3. The summed E-state index contributed by atoms with van der Waals surface area (Å²) in [4.78, 5) is 13.9. The summed E-state index contributed by atoms with van der Waals surface area (Å²) in [6.45, 7) is 5.01. The second kappa shape index (κ2) is 7.92.